The van der Waals surface area contributed by atoms with Gasteiger partial charge in [-0.15, -0.1) is 12.1 Å². The molecule has 0 saturated carbocycles. The molecule has 0 saturated heterocycles. The maximum atomic E-state index is 3.27. The van der Waals surface area contributed by atoms with Crippen LogP contribution in [-0.4, -0.2) is 0 Å². The smallest absolute Gasteiger partial charge is 0.223 e. The first-order valence-corrected chi connectivity index (χ1v) is 4.45. The summed E-state index contributed by atoms with van der Waals surface area (Å²) in [7, 11) is 0. The number of benzene rings is 2. The molecule has 1 aliphatic carbocycles. The first-order chi connectivity index (χ1) is 6.45. The van der Waals surface area contributed by atoms with E-state index >= 15 is 0 Å². The summed E-state index contributed by atoms with van der Waals surface area (Å²) >= 11 is 0. The van der Waals surface area contributed by atoms with Gasteiger partial charge < -0.3 is 0 Å². The zero-order chi connectivity index (χ0) is 8.67. The van der Waals surface area contributed by atoms with Gasteiger partial charge >= 0.3 is 37.7 Å². The molecule has 2 heteroatoms. The van der Waals surface area contributed by atoms with E-state index in [1.807, 2.05) is 24.3 Å². The maximum absolute atomic E-state index is 3.27. The number of rotatable bonds is 0. The van der Waals surface area contributed by atoms with Gasteiger partial charge in [0.1, 0.15) is 0 Å². The molecule has 0 fully saturated rings. The summed E-state index contributed by atoms with van der Waals surface area (Å²) in [5.74, 6) is 0. The van der Waals surface area contributed by atoms with Gasteiger partial charge in [0.05, 0.1) is 0 Å². The van der Waals surface area contributed by atoms with Crippen LogP contribution in [0.25, 0.3) is 11.1 Å². The van der Waals surface area contributed by atoms with Crippen molar-refractivity contribution in [3.05, 3.63) is 59.7 Å². The molecule has 15 heavy (non-hydrogen) atoms. The van der Waals surface area contributed by atoms with Crippen LogP contribution in [0.5, 0.6) is 0 Å². The molecule has 0 spiro atoms. The van der Waals surface area contributed by atoms with Gasteiger partial charge in [-0.05, 0) is 0 Å². The quantitative estimate of drug-likeness (QED) is 0.252. The zero-order valence-electron chi connectivity index (χ0n) is 9.17. The van der Waals surface area contributed by atoms with E-state index in [2.05, 4.69) is 24.3 Å². The minimum atomic E-state index is 0. The molecule has 0 N–H and O–H groups in total. The Hall–Kier alpha value is -0.365. The molecule has 0 atom stereocenters. The Bertz CT molecular complexity index is 420. The predicted octanol–water partition coefficient (Wildman–Crippen LogP) is -3.13. The van der Waals surface area contributed by atoms with E-state index in [4.69, 9.17) is 0 Å². The molecule has 0 unspecified atom stereocenters. The van der Waals surface area contributed by atoms with E-state index in [1.165, 1.54) is 22.3 Å². The summed E-state index contributed by atoms with van der Waals surface area (Å²) in [6.45, 7) is 0. The Labute approximate surface area is 114 Å². The SMILES string of the molecule is [Li+].[Li+].[c-]1cccc2c1-c1[c-]cccc1C2. The number of fused-ring (bicyclic) bond motifs is 3. The fourth-order valence-electron chi connectivity index (χ4n) is 1.91. The molecule has 1 aliphatic rings. The third-order valence-corrected chi connectivity index (χ3v) is 2.52. The first kappa shape index (κ1) is 12.7. The van der Waals surface area contributed by atoms with Crippen LogP contribution in [0.1, 0.15) is 11.1 Å². The Morgan fingerprint density at radius 1 is 0.800 bits per heavy atom. The molecule has 0 radical (unpaired) electrons. The second-order valence-electron chi connectivity index (χ2n) is 3.32. The first-order valence-electron chi connectivity index (χ1n) is 4.45. The van der Waals surface area contributed by atoms with Gasteiger partial charge in [0.2, 0.25) is 0 Å². The van der Waals surface area contributed by atoms with Gasteiger partial charge in [-0.25, -0.2) is 11.1 Å². The van der Waals surface area contributed by atoms with E-state index in [0.717, 1.165) is 6.42 Å². The summed E-state index contributed by atoms with van der Waals surface area (Å²) in [4.78, 5) is 0. The third-order valence-electron chi connectivity index (χ3n) is 2.52. The minimum Gasteiger partial charge on any atom is -0.223 e. The maximum Gasteiger partial charge on any atom is 1.00 e. The Balaban J connectivity index is 0.000000562. The van der Waals surface area contributed by atoms with Crippen LogP contribution in [0.4, 0.5) is 0 Å². The molecule has 62 valence electrons. The van der Waals surface area contributed by atoms with E-state index in [0.29, 0.717) is 0 Å². The summed E-state index contributed by atoms with van der Waals surface area (Å²) < 4.78 is 0. The Morgan fingerprint density at radius 3 is 1.73 bits per heavy atom. The predicted molar refractivity (Wildman–Crippen MR) is 52.4 cm³/mol. The van der Waals surface area contributed by atoms with Crippen molar-refractivity contribution in [2.75, 3.05) is 0 Å². The molecule has 0 amide bonds. The van der Waals surface area contributed by atoms with Crippen LogP contribution in [0.15, 0.2) is 36.4 Å². The van der Waals surface area contributed by atoms with E-state index in [-0.39, 0.29) is 37.7 Å². The van der Waals surface area contributed by atoms with Crippen LogP contribution in [0.3, 0.4) is 0 Å². The van der Waals surface area contributed by atoms with Gasteiger partial charge in [-0.2, -0.15) is 47.5 Å². The summed E-state index contributed by atoms with van der Waals surface area (Å²) in [6.07, 6.45) is 1.04. The normalized spacial score (nSPS) is 10.7. The average molecular weight is 178 g/mol. The molecule has 0 aliphatic heterocycles. The van der Waals surface area contributed by atoms with Crippen molar-refractivity contribution in [2.45, 2.75) is 6.42 Å². The van der Waals surface area contributed by atoms with Crippen molar-refractivity contribution in [2.24, 2.45) is 0 Å². The molecular formula is C13H8Li2. The van der Waals surface area contributed by atoms with Crippen molar-refractivity contribution in [3.8, 4) is 11.1 Å². The molecule has 0 nitrogen and oxygen atoms in total. The topological polar surface area (TPSA) is 0 Å². The zero-order valence-corrected chi connectivity index (χ0v) is 9.17. The standard InChI is InChI=1S/C13H8.2Li/c1-3-7-12-10(5-1)9-11-6-2-4-8-13(11)12;;/h1-6H,9H2;;/q-2;2*+1. The van der Waals surface area contributed by atoms with Gasteiger partial charge in [-0.3, -0.25) is 0 Å². The average Bonchev–Trinajstić information content (AvgIpc) is 2.56. The summed E-state index contributed by atoms with van der Waals surface area (Å²) in [6, 6.07) is 18.9. The van der Waals surface area contributed by atoms with E-state index in [1.54, 1.807) is 0 Å². The number of hydrogen-bond donors (Lipinski definition) is 0. The van der Waals surface area contributed by atoms with Gasteiger partial charge in [-0.1, -0.05) is 6.42 Å². The Morgan fingerprint density at radius 2 is 1.27 bits per heavy atom. The second kappa shape index (κ2) is 5.11. The van der Waals surface area contributed by atoms with Crippen molar-refractivity contribution in [1.29, 1.82) is 0 Å². The Kier molecular flexibility index (Phi) is 4.33. The molecule has 0 aromatic heterocycles. The summed E-state index contributed by atoms with van der Waals surface area (Å²) in [5, 5.41) is 0. The molecular weight excluding hydrogens is 170 g/mol. The molecule has 2 aromatic rings. The van der Waals surface area contributed by atoms with Crippen LogP contribution in [-0.2, 0) is 6.42 Å². The van der Waals surface area contributed by atoms with E-state index in [9.17, 15) is 0 Å². The van der Waals surface area contributed by atoms with Crippen LogP contribution < -0.4 is 37.7 Å². The summed E-state index contributed by atoms with van der Waals surface area (Å²) in [5.41, 5.74) is 5.22. The third kappa shape index (κ3) is 2.10. The van der Waals surface area contributed by atoms with Crippen LogP contribution in [0, 0.1) is 12.1 Å². The molecule has 3 rings (SSSR count). The van der Waals surface area contributed by atoms with Crippen molar-refractivity contribution in [1.82, 2.24) is 0 Å². The largest absolute Gasteiger partial charge is 1.00 e. The monoisotopic (exact) mass is 178 g/mol. The van der Waals surface area contributed by atoms with E-state index < -0.39 is 0 Å². The van der Waals surface area contributed by atoms with Crippen molar-refractivity contribution < 1.29 is 37.7 Å². The van der Waals surface area contributed by atoms with Gasteiger partial charge in [0.15, 0.2) is 0 Å². The number of hydrogen-bond acceptors (Lipinski definition) is 0. The molecule has 0 heterocycles. The molecule has 0 bridgehead atoms. The van der Waals surface area contributed by atoms with Crippen molar-refractivity contribution in [3.63, 3.8) is 0 Å². The second-order valence-corrected chi connectivity index (χ2v) is 3.32. The fraction of sp³-hybridized carbons (Fsp3) is 0.0769. The minimum absolute atomic E-state index is 0. The van der Waals surface area contributed by atoms with Crippen LogP contribution in [0.2, 0.25) is 0 Å². The van der Waals surface area contributed by atoms with Crippen molar-refractivity contribution >= 4 is 0 Å². The van der Waals surface area contributed by atoms with Gasteiger partial charge in [0.25, 0.3) is 0 Å². The van der Waals surface area contributed by atoms with Crippen LogP contribution >= 0.6 is 0 Å². The fourth-order valence-corrected chi connectivity index (χ4v) is 1.91. The molecule has 2 aromatic carbocycles. The van der Waals surface area contributed by atoms with Gasteiger partial charge in [0, 0.05) is 0 Å².